The summed E-state index contributed by atoms with van der Waals surface area (Å²) in [5.74, 6) is 0.338. The molecule has 3 nitrogen and oxygen atoms in total. The van der Waals surface area contributed by atoms with E-state index in [1.807, 2.05) is 0 Å². The monoisotopic (exact) mass is 268 g/mol. The van der Waals surface area contributed by atoms with E-state index >= 15 is 0 Å². The molecule has 0 bridgehead atoms. The van der Waals surface area contributed by atoms with Crippen molar-refractivity contribution in [1.82, 2.24) is 9.80 Å². The summed E-state index contributed by atoms with van der Waals surface area (Å²) in [5.41, 5.74) is 0.787. The van der Waals surface area contributed by atoms with Crippen molar-refractivity contribution >= 4 is 0 Å². The molecule has 1 spiro atoms. The van der Waals surface area contributed by atoms with E-state index < -0.39 is 0 Å². The number of hydrogen-bond donors (Lipinski definition) is 1. The van der Waals surface area contributed by atoms with Crippen molar-refractivity contribution in [3.8, 4) is 0 Å². The lowest BCUT2D eigenvalue weighted by Gasteiger charge is -2.45. The summed E-state index contributed by atoms with van der Waals surface area (Å²) < 4.78 is 0. The molecule has 1 unspecified atom stereocenters. The number of likely N-dealkylation sites (tertiary alicyclic amines) is 2. The summed E-state index contributed by atoms with van der Waals surface area (Å²) in [5, 5.41) is 10.2. The summed E-state index contributed by atoms with van der Waals surface area (Å²) in [4.78, 5) is 4.91. The van der Waals surface area contributed by atoms with Crippen LogP contribution in [0.15, 0.2) is 0 Å². The number of hydrogen-bond acceptors (Lipinski definition) is 3. The molecule has 112 valence electrons. The van der Waals surface area contributed by atoms with Crippen LogP contribution in [0, 0.1) is 11.3 Å². The number of aliphatic hydroxyl groups excluding tert-OH is 1. The molecule has 2 aliphatic rings. The van der Waals surface area contributed by atoms with E-state index in [0.29, 0.717) is 16.9 Å². The van der Waals surface area contributed by atoms with E-state index in [2.05, 4.69) is 44.4 Å². The first-order chi connectivity index (χ1) is 8.73. The van der Waals surface area contributed by atoms with Crippen molar-refractivity contribution in [3.05, 3.63) is 0 Å². The van der Waals surface area contributed by atoms with E-state index in [0.717, 1.165) is 13.1 Å². The van der Waals surface area contributed by atoms with Gasteiger partial charge in [-0.15, -0.1) is 0 Å². The van der Waals surface area contributed by atoms with Gasteiger partial charge in [-0.2, -0.15) is 0 Å². The van der Waals surface area contributed by atoms with Crippen LogP contribution in [0.5, 0.6) is 0 Å². The highest BCUT2D eigenvalue weighted by molar-refractivity contribution is 4.96. The normalized spacial score (nSPS) is 27.3. The van der Waals surface area contributed by atoms with Gasteiger partial charge in [-0.1, -0.05) is 13.8 Å². The first-order valence-corrected chi connectivity index (χ1v) is 7.91. The first kappa shape index (κ1) is 15.3. The van der Waals surface area contributed by atoms with Gasteiger partial charge in [0.1, 0.15) is 6.23 Å². The van der Waals surface area contributed by atoms with E-state index in [4.69, 9.17) is 0 Å². The van der Waals surface area contributed by atoms with Crippen molar-refractivity contribution in [1.29, 1.82) is 0 Å². The summed E-state index contributed by atoms with van der Waals surface area (Å²) in [7, 11) is 0. The lowest BCUT2D eigenvalue weighted by atomic mass is 9.77. The fourth-order valence-electron chi connectivity index (χ4n) is 3.68. The minimum Gasteiger partial charge on any atom is -0.378 e. The van der Waals surface area contributed by atoms with Crippen LogP contribution in [0.3, 0.4) is 0 Å². The smallest absolute Gasteiger partial charge is 0.109 e. The molecule has 0 saturated carbocycles. The van der Waals surface area contributed by atoms with E-state index in [9.17, 15) is 5.11 Å². The van der Waals surface area contributed by atoms with Crippen molar-refractivity contribution in [3.63, 3.8) is 0 Å². The molecule has 2 fully saturated rings. The van der Waals surface area contributed by atoms with Crippen LogP contribution in [-0.4, -0.2) is 52.9 Å². The molecule has 0 aromatic rings. The summed E-state index contributed by atoms with van der Waals surface area (Å²) in [6, 6.07) is 0. The second-order valence-corrected chi connectivity index (χ2v) is 8.04. The van der Waals surface area contributed by atoms with Crippen LogP contribution >= 0.6 is 0 Å². The lowest BCUT2D eigenvalue weighted by molar-refractivity contribution is -0.0292. The molecule has 2 saturated heterocycles. The van der Waals surface area contributed by atoms with Gasteiger partial charge in [-0.25, -0.2) is 0 Å². The maximum absolute atomic E-state index is 10.2. The van der Waals surface area contributed by atoms with Crippen molar-refractivity contribution in [2.75, 3.05) is 26.2 Å². The number of aliphatic hydroxyl groups is 1. The SMILES string of the molecule is CC(C)C(O)N1CCC2(CCN(C(C)(C)C)CC2)C1. The van der Waals surface area contributed by atoms with E-state index in [-0.39, 0.29) is 6.23 Å². The van der Waals surface area contributed by atoms with E-state index in [1.165, 1.54) is 32.4 Å². The Hall–Kier alpha value is -0.120. The van der Waals surface area contributed by atoms with Crippen molar-refractivity contribution in [2.24, 2.45) is 11.3 Å². The molecule has 3 heteroatoms. The molecule has 2 rings (SSSR count). The molecule has 2 heterocycles. The number of rotatable bonds is 2. The van der Waals surface area contributed by atoms with Gasteiger partial charge in [-0.3, -0.25) is 9.80 Å². The average molecular weight is 268 g/mol. The van der Waals surface area contributed by atoms with Crippen LogP contribution < -0.4 is 0 Å². The predicted octanol–water partition coefficient (Wildman–Crippen LogP) is 2.55. The highest BCUT2D eigenvalue weighted by Gasteiger charge is 2.43. The molecule has 1 N–H and O–H groups in total. The second kappa shape index (κ2) is 5.34. The minimum absolute atomic E-state index is 0.250. The molecule has 2 aliphatic heterocycles. The molecular weight excluding hydrogens is 236 g/mol. The summed E-state index contributed by atoms with van der Waals surface area (Å²) in [6.45, 7) is 15.8. The largest absolute Gasteiger partial charge is 0.378 e. The van der Waals surface area contributed by atoms with Crippen LogP contribution in [0.4, 0.5) is 0 Å². The zero-order valence-corrected chi connectivity index (χ0v) is 13.4. The minimum atomic E-state index is -0.250. The molecule has 1 atom stereocenters. The van der Waals surface area contributed by atoms with Crippen LogP contribution in [0.2, 0.25) is 0 Å². The number of nitrogens with zero attached hydrogens (tertiary/aromatic N) is 2. The Labute approximate surface area is 119 Å². The fraction of sp³-hybridized carbons (Fsp3) is 1.00. The Balaban J connectivity index is 1.91. The summed E-state index contributed by atoms with van der Waals surface area (Å²) in [6.07, 6.45) is 3.62. The van der Waals surface area contributed by atoms with Gasteiger partial charge in [0.25, 0.3) is 0 Å². The zero-order chi connectivity index (χ0) is 14.3. The highest BCUT2D eigenvalue weighted by atomic mass is 16.3. The molecule has 0 aromatic carbocycles. The Kier molecular flexibility index (Phi) is 4.29. The van der Waals surface area contributed by atoms with Gasteiger partial charge in [0.05, 0.1) is 0 Å². The summed E-state index contributed by atoms with van der Waals surface area (Å²) >= 11 is 0. The lowest BCUT2D eigenvalue weighted by Crippen LogP contribution is -2.50. The van der Waals surface area contributed by atoms with Gasteiger partial charge >= 0.3 is 0 Å². The quantitative estimate of drug-likeness (QED) is 0.834. The second-order valence-electron chi connectivity index (χ2n) is 8.04. The molecule has 0 aliphatic carbocycles. The zero-order valence-electron chi connectivity index (χ0n) is 13.4. The highest BCUT2D eigenvalue weighted by Crippen LogP contribution is 2.42. The van der Waals surface area contributed by atoms with Gasteiger partial charge in [0.15, 0.2) is 0 Å². The topological polar surface area (TPSA) is 26.7 Å². The molecule has 19 heavy (non-hydrogen) atoms. The Bertz CT molecular complexity index is 300. The Morgan fingerprint density at radius 2 is 1.53 bits per heavy atom. The maximum atomic E-state index is 10.2. The third kappa shape index (κ3) is 3.32. The Morgan fingerprint density at radius 1 is 1.00 bits per heavy atom. The van der Waals surface area contributed by atoms with Crippen LogP contribution in [0.1, 0.15) is 53.9 Å². The molecular formula is C16H32N2O. The van der Waals surface area contributed by atoms with Gasteiger partial charge < -0.3 is 5.11 Å². The van der Waals surface area contributed by atoms with Gasteiger partial charge in [0, 0.05) is 18.6 Å². The van der Waals surface area contributed by atoms with Gasteiger partial charge in [-0.05, 0) is 64.5 Å². The molecule has 0 amide bonds. The fourth-order valence-corrected chi connectivity index (χ4v) is 3.68. The van der Waals surface area contributed by atoms with Crippen molar-refractivity contribution in [2.45, 2.75) is 65.6 Å². The third-order valence-electron chi connectivity index (χ3n) is 5.21. The Morgan fingerprint density at radius 3 is 2.00 bits per heavy atom. The average Bonchev–Trinajstić information content (AvgIpc) is 2.71. The first-order valence-electron chi connectivity index (χ1n) is 7.91. The van der Waals surface area contributed by atoms with Crippen molar-refractivity contribution < 1.29 is 5.11 Å². The number of piperidine rings is 1. The predicted molar refractivity (Wildman–Crippen MR) is 80.0 cm³/mol. The maximum Gasteiger partial charge on any atom is 0.109 e. The molecule has 0 radical (unpaired) electrons. The molecule has 0 aromatic heterocycles. The standard InChI is InChI=1S/C16H32N2O/c1-13(2)14(19)17-9-6-16(12-17)7-10-18(11-8-16)15(3,4)5/h13-14,19H,6-12H2,1-5H3. The third-order valence-corrected chi connectivity index (χ3v) is 5.21. The van der Waals surface area contributed by atoms with Crippen LogP contribution in [0.25, 0.3) is 0 Å². The van der Waals surface area contributed by atoms with Crippen LogP contribution in [-0.2, 0) is 0 Å². The van der Waals surface area contributed by atoms with E-state index in [1.54, 1.807) is 0 Å². The van der Waals surface area contributed by atoms with Gasteiger partial charge in [0.2, 0.25) is 0 Å².